The molecule has 0 bridgehead atoms. The van der Waals surface area contributed by atoms with E-state index in [0.29, 0.717) is 17.8 Å². The molecule has 8 N–H and O–H groups in total. The van der Waals surface area contributed by atoms with Crippen LogP contribution in [-0.4, -0.2) is 75.2 Å². The van der Waals surface area contributed by atoms with Gasteiger partial charge in [0.25, 0.3) is 0 Å². The molecule has 3 heterocycles. The van der Waals surface area contributed by atoms with Gasteiger partial charge in [0.2, 0.25) is 11.8 Å². The lowest BCUT2D eigenvalue weighted by Crippen LogP contribution is -2.60. The highest BCUT2D eigenvalue weighted by Crippen LogP contribution is 2.52. The summed E-state index contributed by atoms with van der Waals surface area (Å²) in [5.74, 6) is -1.16. The molecule has 2 fully saturated rings. The van der Waals surface area contributed by atoms with E-state index in [4.69, 9.17) is 11.5 Å². The molecule has 10 nitrogen and oxygen atoms in total. The number of aliphatic hydroxyl groups excluding tert-OH is 1. The van der Waals surface area contributed by atoms with Crippen molar-refractivity contribution in [3.05, 3.63) is 46.5 Å². The number of carboxylic acids is 1. The first-order valence-electron chi connectivity index (χ1n) is 13.9. The zero-order valence-corrected chi connectivity index (χ0v) is 24.8. The van der Waals surface area contributed by atoms with Crippen LogP contribution >= 0.6 is 23.5 Å². The van der Waals surface area contributed by atoms with Gasteiger partial charge in [0.1, 0.15) is 5.70 Å². The summed E-state index contributed by atoms with van der Waals surface area (Å²) in [5, 5.41) is 28.1. The standard InChI is InChI=1S/C29H37N5O5S2/c1-14-25-19(6-7-35)28(37)34(25)26(29(38)39)27(14)41-18-9-23(32-12-18)15(2)40-13-17-8-16-4-3-5-22(33-24(36)11-30)20(16)10-21(17)31/h3-5,8,10,14-15,18-19,23,25,32,35H,6-7,9,11-13,30-31H2,1-2H3,(H,33,36)(H,38,39)/t14-,15?,18+,19+,23+,25-/m1/s1. The Bertz CT molecular complexity index is 1400. The molecule has 3 aliphatic rings. The first-order valence-corrected chi connectivity index (χ1v) is 15.8. The van der Waals surface area contributed by atoms with Crippen molar-refractivity contribution in [1.29, 1.82) is 0 Å². The number of anilines is 2. The van der Waals surface area contributed by atoms with Crippen molar-refractivity contribution >= 4 is 63.5 Å². The van der Waals surface area contributed by atoms with Crippen LogP contribution in [0.5, 0.6) is 0 Å². The molecule has 2 amide bonds. The third-order valence-corrected chi connectivity index (χ3v) is 11.2. The Morgan fingerprint density at radius 1 is 1.29 bits per heavy atom. The molecule has 2 aromatic rings. The first-order chi connectivity index (χ1) is 19.6. The summed E-state index contributed by atoms with van der Waals surface area (Å²) in [6.45, 7) is 4.78. The fraction of sp³-hybridized carbons (Fsp3) is 0.483. The van der Waals surface area contributed by atoms with Crippen LogP contribution in [0.4, 0.5) is 11.4 Å². The number of fused-ring (bicyclic) bond motifs is 2. The number of carbonyl (C=O) groups excluding carboxylic acids is 2. The second kappa shape index (κ2) is 12.2. The number of benzene rings is 2. The number of β-lactam (4-membered cyclic amide) rings is 1. The molecule has 3 aliphatic heterocycles. The van der Waals surface area contributed by atoms with Gasteiger partial charge >= 0.3 is 5.97 Å². The van der Waals surface area contributed by atoms with Crippen molar-refractivity contribution in [2.24, 2.45) is 17.6 Å². The second-order valence-corrected chi connectivity index (χ2v) is 13.7. The minimum Gasteiger partial charge on any atom is -0.477 e. The molecule has 2 aromatic carbocycles. The highest BCUT2D eigenvalue weighted by Gasteiger charge is 2.58. The van der Waals surface area contributed by atoms with Crippen molar-refractivity contribution in [3.8, 4) is 0 Å². The molecule has 41 heavy (non-hydrogen) atoms. The van der Waals surface area contributed by atoms with Crippen molar-refractivity contribution in [2.45, 2.75) is 55.0 Å². The van der Waals surface area contributed by atoms with Gasteiger partial charge in [-0.15, -0.1) is 11.8 Å². The predicted octanol–water partition coefficient (Wildman–Crippen LogP) is 2.56. The molecule has 1 unspecified atom stereocenters. The van der Waals surface area contributed by atoms with Gasteiger partial charge in [-0.25, -0.2) is 4.79 Å². The molecular weight excluding hydrogens is 562 g/mol. The molecule has 220 valence electrons. The molecule has 0 aromatic heterocycles. The first kappa shape index (κ1) is 29.7. The average molecular weight is 600 g/mol. The number of aliphatic carboxylic acids is 1. The summed E-state index contributed by atoms with van der Waals surface area (Å²) in [7, 11) is 0. The van der Waals surface area contributed by atoms with Gasteiger partial charge in [0.15, 0.2) is 0 Å². The van der Waals surface area contributed by atoms with Crippen LogP contribution in [0.25, 0.3) is 10.8 Å². The molecule has 0 saturated carbocycles. The minimum atomic E-state index is -1.06. The zero-order valence-electron chi connectivity index (χ0n) is 23.1. The number of hydrogen-bond acceptors (Lipinski definition) is 9. The number of rotatable bonds is 11. The van der Waals surface area contributed by atoms with E-state index in [1.54, 1.807) is 11.8 Å². The Morgan fingerprint density at radius 2 is 2.07 bits per heavy atom. The maximum absolute atomic E-state index is 12.6. The monoisotopic (exact) mass is 599 g/mol. The van der Waals surface area contributed by atoms with Gasteiger partial charge in [-0.3, -0.25) is 9.59 Å². The van der Waals surface area contributed by atoms with Crippen LogP contribution in [-0.2, 0) is 20.1 Å². The van der Waals surface area contributed by atoms with Crippen LogP contribution < -0.4 is 22.1 Å². The summed E-state index contributed by atoms with van der Waals surface area (Å²) >= 11 is 3.40. The van der Waals surface area contributed by atoms with Crippen LogP contribution in [0.2, 0.25) is 0 Å². The topological polar surface area (TPSA) is 171 Å². The van der Waals surface area contributed by atoms with Crippen molar-refractivity contribution in [3.63, 3.8) is 0 Å². The van der Waals surface area contributed by atoms with Crippen LogP contribution in [0.1, 0.15) is 32.3 Å². The zero-order chi connectivity index (χ0) is 29.4. The lowest BCUT2D eigenvalue weighted by atomic mass is 9.80. The molecule has 6 atom stereocenters. The van der Waals surface area contributed by atoms with E-state index in [0.717, 1.165) is 40.0 Å². The minimum absolute atomic E-state index is 0.0637. The third-order valence-electron chi connectivity index (χ3n) is 8.39. The molecule has 0 radical (unpaired) electrons. The molecule has 5 rings (SSSR count). The van der Waals surface area contributed by atoms with Crippen molar-refractivity contribution in [2.75, 3.05) is 30.7 Å². The van der Waals surface area contributed by atoms with Crippen molar-refractivity contribution in [1.82, 2.24) is 10.2 Å². The largest absolute Gasteiger partial charge is 0.477 e. The summed E-state index contributed by atoms with van der Waals surface area (Å²) in [6, 6.07) is 9.77. The fourth-order valence-electron chi connectivity index (χ4n) is 6.22. The van der Waals surface area contributed by atoms with Crippen LogP contribution in [0.15, 0.2) is 40.9 Å². The number of nitrogens with two attached hydrogens (primary N) is 2. The number of carbonyl (C=O) groups is 3. The van der Waals surface area contributed by atoms with E-state index in [9.17, 15) is 24.6 Å². The predicted molar refractivity (Wildman–Crippen MR) is 164 cm³/mol. The van der Waals surface area contributed by atoms with E-state index in [1.807, 2.05) is 43.0 Å². The Balaban J connectivity index is 1.21. The van der Waals surface area contributed by atoms with Crippen LogP contribution in [0, 0.1) is 11.8 Å². The van der Waals surface area contributed by atoms with E-state index in [2.05, 4.69) is 23.6 Å². The van der Waals surface area contributed by atoms with Crippen LogP contribution in [0.3, 0.4) is 0 Å². The van der Waals surface area contributed by atoms with E-state index in [-0.39, 0.29) is 65.1 Å². The molecule has 2 saturated heterocycles. The van der Waals surface area contributed by atoms with E-state index < -0.39 is 5.97 Å². The number of nitrogens with one attached hydrogen (secondary N) is 2. The van der Waals surface area contributed by atoms with Gasteiger partial charge in [-0.05, 0) is 42.0 Å². The quantitative estimate of drug-likeness (QED) is 0.167. The maximum Gasteiger partial charge on any atom is 0.353 e. The van der Waals surface area contributed by atoms with Gasteiger partial charge < -0.3 is 37.2 Å². The number of nitrogens with zero attached hydrogens (tertiary/aromatic N) is 1. The Morgan fingerprint density at radius 3 is 2.78 bits per heavy atom. The molecule has 12 heteroatoms. The Kier molecular flexibility index (Phi) is 8.86. The second-order valence-electron chi connectivity index (χ2n) is 11.0. The SMILES string of the molecule is CC(SCc1cc2cccc(NC(=O)CN)c2cc1N)[C@@H]1C[C@H](SC2=C(C(=O)O)N3C(=O)[C@@H](CCO)[C@H]3[C@H]2C)CN1. The number of hydrogen-bond donors (Lipinski definition) is 6. The molecule has 0 spiro atoms. The van der Waals surface area contributed by atoms with Crippen molar-refractivity contribution < 1.29 is 24.6 Å². The summed E-state index contributed by atoms with van der Waals surface area (Å²) in [4.78, 5) is 38.8. The lowest BCUT2D eigenvalue weighted by Gasteiger charge is -2.45. The van der Waals surface area contributed by atoms with Gasteiger partial charge in [-0.1, -0.05) is 26.0 Å². The number of carboxylic acid groups (broad SMARTS) is 1. The number of nitrogen functional groups attached to an aromatic ring is 1. The summed E-state index contributed by atoms with van der Waals surface area (Å²) in [5.41, 5.74) is 14.4. The third kappa shape index (κ3) is 5.68. The Labute approximate surface area is 247 Å². The summed E-state index contributed by atoms with van der Waals surface area (Å²) in [6.07, 6.45) is 1.25. The van der Waals surface area contributed by atoms with Gasteiger partial charge in [0.05, 0.1) is 18.5 Å². The van der Waals surface area contributed by atoms with E-state index >= 15 is 0 Å². The molecular formula is C29H37N5O5S2. The maximum atomic E-state index is 12.6. The average Bonchev–Trinajstić information content (AvgIpc) is 3.52. The fourth-order valence-corrected chi connectivity index (χ4v) is 8.84. The normalized spacial score (nSPS) is 26.3. The number of amides is 2. The Hall–Kier alpha value is -2.77. The number of thioether (sulfide) groups is 2. The lowest BCUT2D eigenvalue weighted by molar-refractivity contribution is -0.157. The highest BCUT2D eigenvalue weighted by atomic mass is 32.2. The number of aliphatic hydroxyl groups is 1. The van der Waals surface area contributed by atoms with E-state index in [1.165, 1.54) is 4.90 Å². The smallest absolute Gasteiger partial charge is 0.353 e. The highest BCUT2D eigenvalue weighted by molar-refractivity contribution is 8.03. The summed E-state index contributed by atoms with van der Waals surface area (Å²) < 4.78 is 0. The molecule has 0 aliphatic carbocycles. The van der Waals surface area contributed by atoms with Gasteiger partial charge in [0, 0.05) is 63.0 Å². The van der Waals surface area contributed by atoms with Gasteiger partial charge in [-0.2, -0.15) is 11.8 Å².